The van der Waals surface area contributed by atoms with Crippen LogP contribution < -0.4 is 14.2 Å². The van der Waals surface area contributed by atoms with Crippen LogP contribution in [0.1, 0.15) is 13.8 Å². The molecule has 0 aliphatic heterocycles. The van der Waals surface area contributed by atoms with Crippen LogP contribution in [-0.2, 0) is 0 Å². The van der Waals surface area contributed by atoms with Crippen LogP contribution in [0.2, 0.25) is 0 Å². The minimum atomic E-state index is -0.00280. The van der Waals surface area contributed by atoms with Crippen LogP contribution in [0.25, 0.3) is 0 Å². The molecule has 1 aromatic carbocycles. The summed E-state index contributed by atoms with van der Waals surface area (Å²) in [6.45, 7) is 5.28. The van der Waals surface area contributed by atoms with Crippen molar-refractivity contribution in [1.82, 2.24) is 0 Å². The van der Waals surface area contributed by atoms with Crippen molar-refractivity contribution in [3.05, 3.63) is 18.2 Å². The Morgan fingerprint density at radius 2 is 1.69 bits per heavy atom. The third kappa shape index (κ3) is 3.62. The second-order valence-electron chi connectivity index (χ2n) is 3.05. The van der Waals surface area contributed by atoms with E-state index >= 15 is 0 Å². The van der Waals surface area contributed by atoms with Crippen LogP contribution in [0.4, 0.5) is 0 Å². The third-order valence-electron chi connectivity index (χ3n) is 1.87. The van der Waals surface area contributed by atoms with E-state index in [9.17, 15) is 0 Å². The molecule has 0 radical (unpaired) electrons. The lowest BCUT2D eigenvalue weighted by molar-refractivity contribution is 0.200. The Kier molecular flexibility index (Phi) is 5.50. The first kappa shape index (κ1) is 12.6. The maximum Gasteiger partial charge on any atom is 0.164 e. The molecule has 1 aromatic rings. The molecule has 0 saturated heterocycles. The van der Waals surface area contributed by atoms with Crippen molar-refractivity contribution in [2.24, 2.45) is 0 Å². The van der Waals surface area contributed by atoms with Crippen molar-refractivity contribution < 1.29 is 19.3 Å². The summed E-state index contributed by atoms with van der Waals surface area (Å²) < 4.78 is 16.2. The van der Waals surface area contributed by atoms with E-state index in [2.05, 4.69) is 0 Å². The SMILES string of the molecule is CCOc1ccc(OCCO)cc1OCC. The van der Waals surface area contributed by atoms with Gasteiger partial charge in [-0.05, 0) is 26.0 Å². The molecule has 0 unspecified atom stereocenters. The Morgan fingerprint density at radius 3 is 2.31 bits per heavy atom. The van der Waals surface area contributed by atoms with Crippen molar-refractivity contribution in [3.63, 3.8) is 0 Å². The predicted octanol–water partition coefficient (Wildman–Crippen LogP) is 1.86. The zero-order valence-corrected chi connectivity index (χ0v) is 9.73. The van der Waals surface area contributed by atoms with Gasteiger partial charge in [0.2, 0.25) is 0 Å². The van der Waals surface area contributed by atoms with Gasteiger partial charge in [-0.15, -0.1) is 0 Å². The van der Waals surface area contributed by atoms with E-state index in [1.54, 1.807) is 18.2 Å². The summed E-state index contributed by atoms with van der Waals surface area (Å²) in [5.74, 6) is 2.04. The topological polar surface area (TPSA) is 47.9 Å². The van der Waals surface area contributed by atoms with Crippen LogP contribution in [0.3, 0.4) is 0 Å². The largest absolute Gasteiger partial charge is 0.491 e. The lowest BCUT2D eigenvalue weighted by atomic mass is 10.3. The highest BCUT2D eigenvalue weighted by molar-refractivity contribution is 5.45. The number of aliphatic hydroxyl groups excluding tert-OH is 1. The van der Waals surface area contributed by atoms with Gasteiger partial charge in [0, 0.05) is 6.07 Å². The monoisotopic (exact) mass is 226 g/mol. The summed E-state index contributed by atoms with van der Waals surface area (Å²) in [7, 11) is 0. The number of benzene rings is 1. The Balaban J connectivity index is 2.79. The van der Waals surface area contributed by atoms with Crippen LogP contribution in [0.15, 0.2) is 18.2 Å². The van der Waals surface area contributed by atoms with Crippen molar-refractivity contribution in [1.29, 1.82) is 0 Å². The fourth-order valence-electron chi connectivity index (χ4n) is 1.28. The molecular weight excluding hydrogens is 208 g/mol. The normalized spacial score (nSPS) is 9.94. The minimum absolute atomic E-state index is 0.00280. The fraction of sp³-hybridized carbons (Fsp3) is 0.500. The zero-order valence-electron chi connectivity index (χ0n) is 9.73. The van der Waals surface area contributed by atoms with Gasteiger partial charge in [0.05, 0.1) is 19.8 Å². The van der Waals surface area contributed by atoms with E-state index in [-0.39, 0.29) is 13.2 Å². The molecule has 4 heteroatoms. The Bertz CT molecular complexity index is 312. The summed E-state index contributed by atoms with van der Waals surface area (Å²) in [4.78, 5) is 0. The summed E-state index contributed by atoms with van der Waals surface area (Å²) in [6.07, 6.45) is 0. The van der Waals surface area contributed by atoms with Crippen molar-refractivity contribution in [3.8, 4) is 17.2 Å². The highest BCUT2D eigenvalue weighted by Crippen LogP contribution is 2.31. The van der Waals surface area contributed by atoms with Gasteiger partial charge in [-0.1, -0.05) is 0 Å². The second-order valence-corrected chi connectivity index (χ2v) is 3.05. The maximum atomic E-state index is 8.66. The van der Waals surface area contributed by atoms with Gasteiger partial charge in [-0.25, -0.2) is 0 Å². The molecule has 0 aliphatic rings. The summed E-state index contributed by atoms with van der Waals surface area (Å²) in [5.41, 5.74) is 0. The molecule has 0 spiro atoms. The molecule has 0 bridgehead atoms. The van der Waals surface area contributed by atoms with E-state index in [0.29, 0.717) is 30.5 Å². The lowest BCUT2D eigenvalue weighted by Crippen LogP contribution is -2.03. The molecule has 0 heterocycles. The maximum absolute atomic E-state index is 8.66. The molecule has 0 fully saturated rings. The molecule has 4 nitrogen and oxygen atoms in total. The molecule has 0 saturated carbocycles. The van der Waals surface area contributed by atoms with Gasteiger partial charge >= 0.3 is 0 Å². The quantitative estimate of drug-likeness (QED) is 0.771. The zero-order chi connectivity index (χ0) is 11.8. The van der Waals surface area contributed by atoms with E-state index in [0.717, 1.165) is 0 Å². The average molecular weight is 226 g/mol. The number of hydrogen-bond acceptors (Lipinski definition) is 4. The average Bonchev–Trinajstić information content (AvgIpc) is 2.30. The predicted molar refractivity (Wildman–Crippen MR) is 61.4 cm³/mol. The number of ether oxygens (including phenoxy) is 3. The molecule has 16 heavy (non-hydrogen) atoms. The number of aliphatic hydroxyl groups is 1. The van der Waals surface area contributed by atoms with Crippen molar-refractivity contribution >= 4 is 0 Å². The highest BCUT2D eigenvalue weighted by atomic mass is 16.5. The number of hydrogen-bond donors (Lipinski definition) is 1. The Labute approximate surface area is 95.8 Å². The lowest BCUT2D eigenvalue weighted by Gasteiger charge is -2.12. The van der Waals surface area contributed by atoms with Crippen molar-refractivity contribution in [2.75, 3.05) is 26.4 Å². The van der Waals surface area contributed by atoms with E-state index in [4.69, 9.17) is 19.3 Å². The Hall–Kier alpha value is -1.42. The molecule has 1 N–H and O–H groups in total. The van der Waals surface area contributed by atoms with Gasteiger partial charge in [0.1, 0.15) is 12.4 Å². The number of rotatable bonds is 7. The van der Waals surface area contributed by atoms with E-state index < -0.39 is 0 Å². The summed E-state index contributed by atoms with van der Waals surface area (Å²) in [6, 6.07) is 5.37. The smallest absolute Gasteiger partial charge is 0.164 e. The van der Waals surface area contributed by atoms with Gasteiger partial charge in [-0.2, -0.15) is 0 Å². The third-order valence-corrected chi connectivity index (χ3v) is 1.87. The van der Waals surface area contributed by atoms with Gasteiger partial charge in [0.15, 0.2) is 11.5 Å². The van der Waals surface area contributed by atoms with Crippen LogP contribution in [-0.4, -0.2) is 31.5 Å². The molecule has 90 valence electrons. The van der Waals surface area contributed by atoms with Crippen molar-refractivity contribution in [2.45, 2.75) is 13.8 Å². The van der Waals surface area contributed by atoms with E-state index in [1.165, 1.54) is 0 Å². The van der Waals surface area contributed by atoms with Gasteiger partial charge < -0.3 is 19.3 Å². The summed E-state index contributed by atoms with van der Waals surface area (Å²) in [5, 5.41) is 8.66. The fourth-order valence-corrected chi connectivity index (χ4v) is 1.28. The first-order chi connectivity index (χ1) is 7.81. The van der Waals surface area contributed by atoms with Gasteiger partial charge in [0.25, 0.3) is 0 Å². The van der Waals surface area contributed by atoms with Crippen LogP contribution in [0.5, 0.6) is 17.2 Å². The summed E-state index contributed by atoms with van der Waals surface area (Å²) >= 11 is 0. The molecule has 0 aliphatic carbocycles. The van der Waals surface area contributed by atoms with Crippen LogP contribution >= 0.6 is 0 Å². The minimum Gasteiger partial charge on any atom is -0.491 e. The molecule has 0 atom stereocenters. The van der Waals surface area contributed by atoms with Gasteiger partial charge in [-0.3, -0.25) is 0 Å². The molecule has 0 aromatic heterocycles. The van der Waals surface area contributed by atoms with Crippen LogP contribution in [0, 0.1) is 0 Å². The standard InChI is InChI=1S/C12H18O4/c1-3-14-11-6-5-10(16-8-7-13)9-12(11)15-4-2/h5-6,9,13H,3-4,7-8H2,1-2H3. The van der Waals surface area contributed by atoms with E-state index in [1.807, 2.05) is 13.8 Å². The first-order valence-electron chi connectivity index (χ1n) is 5.45. The highest BCUT2D eigenvalue weighted by Gasteiger charge is 2.06. The first-order valence-corrected chi connectivity index (χ1v) is 5.45. The molecule has 0 amide bonds. The Morgan fingerprint density at radius 1 is 1.00 bits per heavy atom. The molecule has 1 rings (SSSR count). The second kappa shape index (κ2) is 6.95. The molecular formula is C12H18O4.